The van der Waals surface area contributed by atoms with E-state index in [4.69, 9.17) is 0 Å². The van der Waals surface area contributed by atoms with E-state index in [2.05, 4.69) is 43.4 Å². The lowest BCUT2D eigenvalue weighted by molar-refractivity contribution is 0.0950. The van der Waals surface area contributed by atoms with Crippen molar-refractivity contribution in [3.63, 3.8) is 0 Å². The fraction of sp³-hybridized carbons (Fsp3) is 0.364. The molecule has 0 aliphatic carbocycles. The number of likely N-dealkylation sites (N-methyl/N-ethyl adjacent to an activating group) is 1. The van der Waals surface area contributed by atoms with Crippen molar-refractivity contribution in [2.45, 2.75) is 6.42 Å². The molecule has 0 spiro atoms. The molecular weight excluding hydrogens is 432 g/mol. The number of hydrogen-bond acceptors (Lipinski definition) is 4. The van der Waals surface area contributed by atoms with Crippen molar-refractivity contribution in [2.75, 3.05) is 51.6 Å². The first-order chi connectivity index (χ1) is 14.0. The summed E-state index contributed by atoms with van der Waals surface area (Å²) in [4.78, 5) is 30.0. The van der Waals surface area contributed by atoms with E-state index in [1.54, 1.807) is 36.4 Å². The van der Waals surface area contributed by atoms with Gasteiger partial charge in [-0.3, -0.25) is 9.59 Å². The van der Waals surface area contributed by atoms with Gasteiger partial charge in [-0.2, -0.15) is 0 Å². The van der Waals surface area contributed by atoms with Gasteiger partial charge < -0.3 is 20.4 Å². The molecule has 0 unspecified atom stereocenters. The zero-order valence-electron chi connectivity index (χ0n) is 16.7. The summed E-state index contributed by atoms with van der Waals surface area (Å²) in [5.41, 5.74) is 1.49. The molecule has 0 aromatic heterocycles. The Morgan fingerprint density at radius 2 is 1.59 bits per heavy atom. The predicted octanol–water partition coefficient (Wildman–Crippen LogP) is 3.07. The predicted molar refractivity (Wildman–Crippen MR) is 119 cm³/mol. The zero-order valence-corrected chi connectivity index (χ0v) is 18.2. The largest absolute Gasteiger partial charge is 0.352 e. The third-order valence-electron chi connectivity index (χ3n) is 5.07. The van der Waals surface area contributed by atoms with Crippen LogP contribution < -0.4 is 10.6 Å². The highest BCUT2D eigenvalue weighted by Crippen LogP contribution is 2.20. The van der Waals surface area contributed by atoms with Crippen LogP contribution in [-0.4, -0.2) is 67.9 Å². The number of carbonyl (C=O) groups is 2. The van der Waals surface area contributed by atoms with Gasteiger partial charge in [0.15, 0.2) is 0 Å². The lowest BCUT2D eigenvalue weighted by atomic mass is 10.1. The first-order valence-electron chi connectivity index (χ1n) is 9.88. The smallest absolute Gasteiger partial charge is 0.256 e. The highest BCUT2D eigenvalue weighted by atomic mass is 79.9. The van der Waals surface area contributed by atoms with Gasteiger partial charge in [0.05, 0.1) is 16.8 Å². The Morgan fingerprint density at radius 3 is 2.31 bits per heavy atom. The summed E-state index contributed by atoms with van der Waals surface area (Å²) in [6, 6.07) is 14.3. The average Bonchev–Trinajstić information content (AvgIpc) is 2.73. The van der Waals surface area contributed by atoms with Crippen molar-refractivity contribution in [1.29, 1.82) is 0 Å². The van der Waals surface area contributed by atoms with Crippen LogP contribution in [0, 0.1) is 0 Å². The molecule has 3 rings (SSSR count). The average molecular weight is 459 g/mol. The van der Waals surface area contributed by atoms with E-state index in [0.29, 0.717) is 27.8 Å². The molecule has 2 aromatic carbocycles. The van der Waals surface area contributed by atoms with Gasteiger partial charge in [-0.25, -0.2) is 0 Å². The second-order valence-electron chi connectivity index (χ2n) is 7.23. The van der Waals surface area contributed by atoms with Crippen molar-refractivity contribution in [1.82, 2.24) is 15.1 Å². The minimum Gasteiger partial charge on any atom is -0.352 e. The van der Waals surface area contributed by atoms with Gasteiger partial charge in [0, 0.05) is 37.2 Å². The van der Waals surface area contributed by atoms with Crippen LogP contribution in [0.15, 0.2) is 53.0 Å². The molecule has 0 atom stereocenters. The fourth-order valence-corrected chi connectivity index (χ4v) is 3.76. The Bertz CT molecular complexity index is 850. The van der Waals surface area contributed by atoms with Gasteiger partial charge in [-0.15, -0.1) is 0 Å². The van der Waals surface area contributed by atoms with Crippen LogP contribution in [-0.2, 0) is 0 Å². The van der Waals surface area contributed by atoms with E-state index < -0.39 is 0 Å². The summed E-state index contributed by atoms with van der Waals surface area (Å²) >= 11 is 3.39. The van der Waals surface area contributed by atoms with Gasteiger partial charge in [-0.1, -0.05) is 24.3 Å². The summed E-state index contributed by atoms with van der Waals surface area (Å²) in [7, 11) is 2.14. The van der Waals surface area contributed by atoms with E-state index in [1.165, 1.54) is 0 Å². The van der Waals surface area contributed by atoms with Crippen LogP contribution in [0.25, 0.3) is 0 Å². The number of para-hydroxylation sites is 1. The van der Waals surface area contributed by atoms with Crippen LogP contribution in [0.5, 0.6) is 0 Å². The number of nitrogens with zero attached hydrogens (tertiary/aromatic N) is 2. The SMILES string of the molecule is CN1CCN(CCCNC(=O)c2ccccc2NC(=O)c2ccccc2Br)CC1. The van der Waals surface area contributed by atoms with E-state index in [-0.39, 0.29) is 11.8 Å². The normalized spacial score (nSPS) is 15.1. The molecule has 0 bridgehead atoms. The highest BCUT2D eigenvalue weighted by Gasteiger charge is 2.16. The number of anilines is 1. The van der Waals surface area contributed by atoms with E-state index in [1.807, 2.05) is 12.1 Å². The number of rotatable bonds is 7. The van der Waals surface area contributed by atoms with Crippen LogP contribution in [0.1, 0.15) is 27.1 Å². The molecule has 2 aromatic rings. The summed E-state index contributed by atoms with van der Waals surface area (Å²) in [5, 5.41) is 5.83. The monoisotopic (exact) mass is 458 g/mol. The number of nitrogens with one attached hydrogen (secondary N) is 2. The highest BCUT2D eigenvalue weighted by molar-refractivity contribution is 9.10. The van der Waals surface area contributed by atoms with Crippen molar-refractivity contribution >= 4 is 33.4 Å². The molecule has 2 N–H and O–H groups in total. The molecule has 1 heterocycles. The number of piperazine rings is 1. The summed E-state index contributed by atoms with van der Waals surface area (Å²) in [6.45, 7) is 5.93. The summed E-state index contributed by atoms with van der Waals surface area (Å²) in [6.07, 6.45) is 0.904. The second-order valence-corrected chi connectivity index (χ2v) is 8.09. The van der Waals surface area contributed by atoms with Gasteiger partial charge in [0.1, 0.15) is 0 Å². The molecule has 29 heavy (non-hydrogen) atoms. The number of amides is 2. The third-order valence-corrected chi connectivity index (χ3v) is 5.76. The first-order valence-corrected chi connectivity index (χ1v) is 10.7. The summed E-state index contributed by atoms with van der Waals surface area (Å²) in [5.74, 6) is -0.431. The maximum atomic E-state index is 12.7. The first kappa shape index (κ1) is 21.5. The Hall–Kier alpha value is -2.22. The molecule has 1 aliphatic heterocycles. The number of carbonyl (C=O) groups excluding carboxylic acids is 2. The molecule has 2 amide bonds. The Kier molecular flexibility index (Phi) is 7.80. The van der Waals surface area contributed by atoms with Crippen molar-refractivity contribution in [2.24, 2.45) is 0 Å². The standard InChI is InChI=1S/C22H27BrN4O2/c1-26-13-15-27(16-14-26)12-6-11-24-21(28)18-8-3-5-10-20(18)25-22(29)17-7-2-4-9-19(17)23/h2-5,7-10H,6,11-16H2,1H3,(H,24,28)(H,25,29). The van der Waals surface area contributed by atoms with Crippen molar-refractivity contribution < 1.29 is 9.59 Å². The van der Waals surface area contributed by atoms with Gasteiger partial charge >= 0.3 is 0 Å². The van der Waals surface area contributed by atoms with Crippen LogP contribution >= 0.6 is 15.9 Å². The minimum atomic E-state index is -0.257. The minimum absolute atomic E-state index is 0.175. The Morgan fingerprint density at radius 1 is 0.931 bits per heavy atom. The number of hydrogen-bond donors (Lipinski definition) is 2. The summed E-state index contributed by atoms with van der Waals surface area (Å²) < 4.78 is 0.711. The lowest BCUT2D eigenvalue weighted by Gasteiger charge is -2.32. The van der Waals surface area contributed by atoms with Crippen LogP contribution in [0.2, 0.25) is 0 Å². The third kappa shape index (κ3) is 6.13. The quantitative estimate of drug-likeness (QED) is 0.625. The maximum Gasteiger partial charge on any atom is 0.256 e. The molecule has 6 nitrogen and oxygen atoms in total. The molecule has 1 saturated heterocycles. The Labute approximate surface area is 180 Å². The van der Waals surface area contributed by atoms with Crippen LogP contribution in [0.4, 0.5) is 5.69 Å². The van der Waals surface area contributed by atoms with Gasteiger partial charge in [0.2, 0.25) is 0 Å². The molecule has 7 heteroatoms. The van der Waals surface area contributed by atoms with Crippen molar-refractivity contribution in [3.05, 3.63) is 64.1 Å². The molecule has 1 aliphatic rings. The topological polar surface area (TPSA) is 64.7 Å². The lowest BCUT2D eigenvalue weighted by Crippen LogP contribution is -2.45. The molecule has 1 fully saturated rings. The molecular formula is C22H27BrN4O2. The molecule has 0 radical (unpaired) electrons. The van der Waals surface area contributed by atoms with Gasteiger partial charge in [0.25, 0.3) is 11.8 Å². The zero-order chi connectivity index (χ0) is 20.6. The van der Waals surface area contributed by atoms with E-state index in [0.717, 1.165) is 39.1 Å². The van der Waals surface area contributed by atoms with Crippen LogP contribution in [0.3, 0.4) is 0 Å². The van der Waals surface area contributed by atoms with Gasteiger partial charge in [-0.05, 0) is 60.2 Å². The van der Waals surface area contributed by atoms with E-state index >= 15 is 0 Å². The maximum absolute atomic E-state index is 12.7. The second kappa shape index (κ2) is 10.5. The molecule has 0 saturated carbocycles. The molecule has 154 valence electrons. The van der Waals surface area contributed by atoms with E-state index in [9.17, 15) is 9.59 Å². The Balaban J connectivity index is 1.53. The fourth-order valence-electron chi connectivity index (χ4n) is 3.30. The number of halogens is 1. The van der Waals surface area contributed by atoms with Crippen molar-refractivity contribution in [3.8, 4) is 0 Å². The number of benzene rings is 2.